The third-order valence-corrected chi connectivity index (χ3v) is 4.09. The van der Waals surface area contributed by atoms with Crippen molar-refractivity contribution in [2.45, 2.75) is 25.5 Å². The number of primary amides is 1. The molecule has 0 saturated carbocycles. The molecular formula is C21H25N3O5. The quantitative estimate of drug-likeness (QED) is 0.475. The Morgan fingerprint density at radius 2 is 2.00 bits per heavy atom. The van der Waals surface area contributed by atoms with Crippen molar-refractivity contribution in [2.24, 2.45) is 5.73 Å². The van der Waals surface area contributed by atoms with Crippen molar-refractivity contribution in [1.29, 1.82) is 5.26 Å². The summed E-state index contributed by atoms with van der Waals surface area (Å²) in [7, 11) is 0. The number of para-hydroxylation sites is 1. The Bertz CT molecular complexity index is 892. The molecule has 1 unspecified atom stereocenters. The highest BCUT2D eigenvalue weighted by atomic mass is 16.5. The fraction of sp³-hybridized carbons (Fsp3) is 0.333. The largest absolute Gasteiger partial charge is 0.507 e. The molecule has 2 aromatic rings. The zero-order valence-electron chi connectivity index (χ0n) is 16.4. The van der Waals surface area contributed by atoms with Gasteiger partial charge in [-0.15, -0.1) is 0 Å². The van der Waals surface area contributed by atoms with Crippen LogP contribution in [0.5, 0.6) is 17.2 Å². The van der Waals surface area contributed by atoms with Gasteiger partial charge in [0.2, 0.25) is 0 Å². The Balaban J connectivity index is 1.82. The number of carbonyl (C=O) groups excluding carboxylic acids is 1. The molecule has 0 aliphatic rings. The van der Waals surface area contributed by atoms with Crippen molar-refractivity contribution in [3.8, 4) is 23.3 Å². The lowest BCUT2D eigenvalue weighted by Crippen LogP contribution is -2.48. The second-order valence-electron chi connectivity index (χ2n) is 7.17. The molecule has 1 atom stereocenters. The first-order valence-corrected chi connectivity index (χ1v) is 9.02. The molecule has 2 aromatic carbocycles. The summed E-state index contributed by atoms with van der Waals surface area (Å²) in [6, 6.07) is 13.1. The average Bonchev–Trinajstić information content (AvgIpc) is 2.70. The van der Waals surface area contributed by atoms with E-state index in [1.807, 2.05) is 19.9 Å². The molecule has 0 fully saturated rings. The van der Waals surface area contributed by atoms with Gasteiger partial charge < -0.3 is 30.7 Å². The summed E-state index contributed by atoms with van der Waals surface area (Å²) in [6.07, 6.45) is -0.795. The van der Waals surface area contributed by atoms with Crippen LogP contribution in [0.25, 0.3) is 0 Å². The highest BCUT2D eigenvalue weighted by molar-refractivity contribution is 5.95. The second kappa shape index (κ2) is 9.78. The van der Waals surface area contributed by atoms with Gasteiger partial charge in [0.05, 0.1) is 11.1 Å². The number of carbonyl (C=O) groups is 1. The first-order chi connectivity index (χ1) is 13.7. The lowest BCUT2D eigenvalue weighted by atomic mass is 10.1. The number of hydrogen-bond donors (Lipinski definition) is 4. The van der Waals surface area contributed by atoms with E-state index < -0.39 is 17.6 Å². The maximum Gasteiger partial charge on any atom is 0.252 e. The van der Waals surface area contributed by atoms with Crippen LogP contribution in [-0.4, -0.2) is 47.5 Å². The Morgan fingerprint density at radius 1 is 1.28 bits per heavy atom. The van der Waals surface area contributed by atoms with Crippen molar-refractivity contribution in [1.82, 2.24) is 5.32 Å². The van der Waals surface area contributed by atoms with Gasteiger partial charge in [-0.1, -0.05) is 12.1 Å². The summed E-state index contributed by atoms with van der Waals surface area (Å²) >= 11 is 0. The van der Waals surface area contributed by atoms with Crippen LogP contribution in [0.1, 0.15) is 29.8 Å². The third kappa shape index (κ3) is 6.68. The molecule has 29 heavy (non-hydrogen) atoms. The van der Waals surface area contributed by atoms with Crippen LogP contribution >= 0.6 is 0 Å². The average molecular weight is 399 g/mol. The van der Waals surface area contributed by atoms with Crippen LogP contribution in [0.2, 0.25) is 0 Å². The molecule has 0 bridgehead atoms. The van der Waals surface area contributed by atoms with Gasteiger partial charge in [-0.25, -0.2) is 0 Å². The molecule has 0 radical (unpaired) electrons. The number of amides is 1. The molecule has 2 rings (SSSR count). The third-order valence-electron chi connectivity index (χ3n) is 4.09. The fourth-order valence-electron chi connectivity index (χ4n) is 2.44. The molecule has 0 aromatic heterocycles. The lowest BCUT2D eigenvalue weighted by molar-refractivity contribution is 0.0925. The van der Waals surface area contributed by atoms with Crippen molar-refractivity contribution in [3.63, 3.8) is 0 Å². The minimum atomic E-state index is -0.795. The van der Waals surface area contributed by atoms with Crippen LogP contribution in [0, 0.1) is 11.3 Å². The minimum absolute atomic E-state index is 0.0153. The number of aromatic hydroxyl groups is 1. The van der Waals surface area contributed by atoms with Crippen LogP contribution in [0.3, 0.4) is 0 Å². The second-order valence-corrected chi connectivity index (χ2v) is 7.17. The van der Waals surface area contributed by atoms with Crippen molar-refractivity contribution >= 4 is 5.91 Å². The van der Waals surface area contributed by atoms with E-state index in [1.165, 1.54) is 18.2 Å². The Kier molecular flexibility index (Phi) is 7.42. The topological polar surface area (TPSA) is 138 Å². The van der Waals surface area contributed by atoms with E-state index in [-0.39, 0.29) is 31.1 Å². The molecule has 8 nitrogen and oxygen atoms in total. The Morgan fingerprint density at radius 3 is 2.69 bits per heavy atom. The first-order valence-electron chi connectivity index (χ1n) is 9.02. The van der Waals surface area contributed by atoms with Gasteiger partial charge in [-0.3, -0.25) is 4.79 Å². The Labute approximate surface area is 169 Å². The highest BCUT2D eigenvalue weighted by Crippen LogP contribution is 2.23. The number of β-amino-alcohol motifs (C(OH)–C–C–N with tert-alkyl or cyclic N) is 1. The molecular weight excluding hydrogens is 374 g/mol. The van der Waals surface area contributed by atoms with E-state index in [9.17, 15) is 15.0 Å². The zero-order chi connectivity index (χ0) is 21.4. The lowest BCUT2D eigenvalue weighted by Gasteiger charge is -2.28. The van der Waals surface area contributed by atoms with E-state index in [0.29, 0.717) is 17.1 Å². The summed E-state index contributed by atoms with van der Waals surface area (Å²) in [6.45, 7) is 4.29. The van der Waals surface area contributed by atoms with Gasteiger partial charge in [0.15, 0.2) is 0 Å². The number of phenols is 1. The van der Waals surface area contributed by atoms with Gasteiger partial charge in [-0.05, 0) is 44.2 Å². The minimum Gasteiger partial charge on any atom is -0.507 e. The smallest absolute Gasteiger partial charge is 0.252 e. The number of aliphatic hydroxyl groups is 1. The SMILES string of the molecule is CC(C)(COc1ccc(O)c(C(N)=O)c1)NCC(O)COc1ccccc1C#N. The van der Waals surface area contributed by atoms with Gasteiger partial charge >= 0.3 is 0 Å². The molecule has 0 aliphatic heterocycles. The molecule has 1 amide bonds. The maximum atomic E-state index is 11.3. The van der Waals surface area contributed by atoms with Crippen LogP contribution < -0.4 is 20.5 Å². The number of rotatable bonds is 10. The van der Waals surface area contributed by atoms with E-state index in [2.05, 4.69) is 5.32 Å². The number of aliphatic hydroxyl groups excluding tert-OH is 1. The van der Waals surface area contributed by atoms with E-state index in [0.717, 1.165) is 0 Å². The predicted molar refractivity (Wildman–Crippen MR) is 107 cm³/mol. The molecule has 0 spiro atoms. The number of nitrogens with zero attached hydrogens (tertiary/aromatic N) is 1. The van der Waals surface area contributed by atoms with E-state index >= 15 is 0 Å². The van der Waals surface area contributed by atoms with Crippen molar-refractivity contribution < 1.29 is 24.5 Å². The highest BCUT2D eigenvalue weighted by Gasteiger charge is 2.20. The van der Waals surface area contributed by atoms with Gasteiger partial charge in [-0.2, -0.15) is 5.26 Å². The van der Waals surface area contributed by atoms with E-state index in [1.54, 1.807) is 24.3 Å². The van der Waals surface area contributed by atoms with Crippen molar-refractivity contribution in [3.05, 3.63) is 53.6 Å². The Hall–Kier alpha value is -3.28. The molecule has 0 aliphatic carbocycles. The summed E-state index contributed by atoms with van der Waals surface area (Å²) < 4.78 is 11.2. The molecule has 8 heteroatoms. The van der Waals surface area contributed by atoms with Gasteiger partial charge in [0.1, 0.15) is 42.6 Å². The fourth-order valence-corrected chi connectivity index (χ4v) is 2.44. The summed E-state index contributed by atoms with van der Waals surface area (Å²) in [5.41, 5.74) is 5.10. The summed E-state index contributed by atoms with van der Waals surface area (Å²) in [4.78, 5) is 11.3. The zero-order valence-corrected chi connectivity index (χ0v) is 16.4. The molecule has 5 N–H and O–H groups in total. The van der Waals surface area contributed by atoms with Crippen molar-refractivity contribution in [2.75, 3.05) is 19.8 Å². The molecule has 0 heterocycles. The summed E-state index contributed by atoms with van der Waals surface area (Å²) in [5.74, 6) is -0.132. The van der Waals surface area contributed by atoms with E-state index in [4.69, 9.17) is 20.5 Å². The number of benzene rings is 2. The molecule has 154 valence electrons. The van der Waals surface area contributed by atoms with Crippen LogP contribution in [0.15, 0.2) is 42.5 Å². The molecule has 0 saturated heterocycles. The standard InChI is InChI=1S/C21H25N3O5/c1-21(2,13-29-16-7-8-18(26)17(9-16)20(23)27)24-11-15(25)12-28-19-6-4-3-5-14(19)10-22/h3-9,15,24-26H,11-13H2,1-2H3,(H2,23,27). The van der Waals surface area contributed by atoms with Gasteiger partial charge in [0, 0.05) is 12.1 Å². The predicted octanol–water partition coefficient (Wildman–Crippen LogP) is 1.55. The number of nitriles is 1. The first kappa shape index (κ1) is 22.0. The number of ether oxygens (including phenoxy) is 2. The monoisotopic (exact) mass is 399 g/mol. The normalized spacial score (nSPS) is 12.1. The number of nitrogens with one attached hydrogen (secondary N) is 1. The van der Waals surface area contributed by atoms with Crippen LogP contribution in [0.4, 0.5) is 0 Å². The van der Waals surface area contributed by atoms with Crippen LogP contribution in [-0.2, 0) is 0 Å². The summed E-state index contributed by atoms with van der Waals surface area (Å²) in [5, 5.41) is 32.0. The number of hydrogen-bond acceptors (Lipinski definition) is 7. The number of nitrogens with two attached hydrogens (primary N) is 1. The maximum absolute atomic E-state index is 11.3. The van der Waals surface area contributed by atoms with Gasteiger partial charge in [0.25, 0.3) is 5.91 Å².